The standard InChI is InChI=1S/C25H18S.C22H17N3.C18H13NS.2C17H12N2S.C12H9NS.C11H8N2S/c1-17-8-5-11-19(16-17)21-13-7-15-23-22-14-6-12-20(24(22)26-25(21)23)18-9-3-2-4-10-18;1-16-12-14-19(15-13-16)22-24-20(17-8-4-2-5-9-17)23-21(25-22)18-10-6-3-7-11-18;1-12-5-2-6-13(11-12)14-7-3-8-15-16-9-4-10-19-18(16)20-17(14)15;1-11-4-2-5-12(8-11)13-6-3-7-14-15-9-18-10-19-17(15)20-16(13)14;1-11-18-10-15-14-9-5-8-13(12-6-3-2-4-7-12)16(14)20-17(15)19-11;1-8-4-2-5-9-10-6-3-7-13-12(10)14-11(8)9;1-7-12-6-9-8-4-2-3-5-10(8)14-11(9)13-7/h2-16H,1H3;2-15H,1H3;2-11H,1H3;2*2-10H,1H3;2-7H,1H3;2-6H,1H3. The number of hydrogen-bond donors (Lipinski definition) is 0. The first-order chi connectivity index (χ1) is 68.3. The van der Waals surface area contributed by atoms with Crippen LogP contribution in [0.2, 0.25) is 0 Å². The molecule has 0 aliphatic heterocycles. The van der Waals surface area contributed by atoms with Gasteiger partial charge in [0.15, 0.2) is 17.5 Å². The molecule has 15 aromatic carbocycles. The average molecular weight is 1900 g/mol. The van der Waals surface area contributed by atoms with E-state index < -0.39 is 0 Å². The Balaban J connectivity index is 0.0000000973. The summed E-state index contributed by atoms with van der Waals surface area (Å²) in [6, 6.07) is 131. The fourth-order valence-corrected chi connectivity index (χ4v) is 24.6. The quantitative estimate of drug-likeness (QED) is 0.143. The maximum absolute atomic E-state index is 4.71. The molecule has 0 atom stereocenters. The van der Waals surface area contributed by atoms with Crippen molar-refractivity contribution >= 4 is 190 Å². The van der Waals surface area contributed by atoms with Crippen molar-refractivity contribution in [3.63, 3.8) is 0 Å². The number of aromatic nitrogens is 11. The van der Waals surface area contributed by atoms with Gasteiger partial charge in [-0.3, -0.25) is 0 Å². The van der Waals surface area contributed by atoms with Gasteiger partial charge in [-0.2, -0.15) is 0 Å². The number of nitrogens with zero attached hydrogens (tertiary/aromatic N) is 11. The van der Waals surface area contributed by atoms with Crippen LogP contribution in [0.5, 0.6) is 0 Å². The molecule has 12 aromatic heterocycles. The second kappa shape index (κ2) is 40.6. The minimum atomic E-state index is 0.685. The first kappa shape index (κ1) is 89.7. The monoisotopic (exact) mass is 1900 g/mol. The molecule has 17 heteroatoms. The van der Waals surface area contributed by atoms with Gasteiger partial charge in [-0.15, -0.1) is 68.0 Å². The molecule has 27 rings (SSSR count). The third-order valence-electron chi connectivity index (χ3n) is 24.3. The summed E-state index contributed by atoms with van der Waals surface area (Å²) in [5.41, 5.74) is 22.2. The van der Waals surface area contributed by atoms with Crippen LogP contribution in [-0.4, -0.2) is 54.8 Å². The van der Waals surface area contributed by atoms with E-state index in [0.29, 0.717) is 17.5 Å². The topological polar surface area (TPSA) is 142 Å². The Morgan fingerprint density at radius 2 is 0.504 bits per heavy atom. The largest absolute Gasteiger partial charge is 0.245 e. The first-order valence-electron chi connectivity index (χ1n) is 45.9. The fourth-order valence-electron chi connectivity index (χ4n) is 17.5. The second-order valence-corrected chi connectivity index (χ2v) is 40.0. The third-order valence-corrected chi connectivity index (χ3v) is 31.4. The van der Waals surface area contributed by atoms with E-state index in [0.717, 1.165) is 68.6 Å². The average Bonchev–Trinajstić information content (AvgIpc) is 1.60. The number of rotatable bonds is 8. The summed E-state index contributed by atoms with van der Waals surface area (Å²) in [6.45, 7) is 14.5. The van der Waals surface area contributed by atoms with Gasteiger partial charge in [0.05, 0.1) is 0 Å². The van der Waals surface area contributed by atoms with Gasteiger partial charge in [0.2, 0.25) is 0 Å². The van der Waals surface area contributed by atoms with Gasteiger partial charge in [-0.1, -0.05) is 368 Å². The molecule has 11 nitrogen and oxygen atoms in total. The van der Waals surface area contributed by atoms with Crippen molar-refractivity contribution in [3.05, 3.63) is 453 Å². The van der Waals surface area contributed by atoms with E-state index in [-0.39, 0.29) is 0 Å². The molecule has 12 heterocycles. The summed E-state index contributed by atoms with van der Waals surface area (Å²) < 4.78 is 9.28. The molecule has 139 heavy (non-hydrogen) atoms. The lowest BCUT2D eigenvalue weighted by Gasteiger charge is -2.08. The zero-order valence-electron chi connectivity index (χ0n) is 77.1. The minimum absolute atomic E-state index is 0.685. The Kier molecular flexibility index (Phi) is 26.2. The van der Waals surface area contributed by atoms with Crippen molar-refractivity contribution in [1.82, 2.24) is 54.8 Å². The van der Waals surface area contributed by atoms with Crippen LogP contribution < -0.4 is 0 Å². The van der Waals surface area contributed by atoms with Crippen LogP contribution in [0.15, 0.2) is 413 Å². The number of benzene rings is 15. The van der Waals surface area contributed by atoms with Crippen molar-refractivity contribution in [2.75, 3.05) is 0 Å². The zero-order chi connectivity index (χ0) is 94.2. The number of thiophene rings is 6. The zero-order valence-corrected chi connectivity index (χ0v) is 82.0. The Labute approximate surface area is 828 Å². The maximum atomic E-state index is 4.71. The summed E-state index contributed by atoms with van der Waals surface area (Å²) in [5.74, 6) is 3.72. The van der Waals surface area contributed by atoms with Crippen LogP contribution in [0.1, 0.15) is 39.5 Å². The highest BCUT2D eigenvalue weighted by atomic mass is 32.1. The lowest BCUT2D eigenvalue weighted by molar-refractivity contribution is 1.07. The Morgan fingerprint density at radius 1 is 0.187 bits per heavy atom. The predicted molar refractivity (Wildman–Crippen MR) is 595 cm³/mol. The normalized spacial score (nSPS) is 11.1. The van der Waals surface area contributed by atoms with Crippen LogP contribution in [0.4, 0.5) is 0 Å². The van der Waals surface area contributed by atoms with Gasteiger partial charge in [0.1, 0.15) is 42.1 Å². The van der Waals surface area contributed by atoms with E-state index in [9.17, 15) is 0 Å². The molecule has 27 aromatic rings. The molecule has 0 fully saturated rings. The molecule has 0 unspecified atom stereocenters. The van der Waals surface area contributed by atoms with Crippen LogP contribution in [0.3, 0.4) is 0 Å². The van der Waals surface area contributed by atoms with Gasteiger partial charge in [0.25, 0.3) is 0 Å². The van der Waals surface area contributed by atoms with E-state index in [2.05, 4.69) is 354 Å². The first-order valence-corrected chi connectivity index (χ1v) is 50.8. The lowest BCUT2D eigenvalue weighted by atomic mass is 9.99. The second-order valence-electron chi connectivity index (χ2n) is 33.9. The summed E-state index contributed by atoms with van der Waals surface area (Å²) >= 11 is 10.7. The number of pyridine rings is 2. The Morgan fingerprint density at radius 3 is 0.957 bits per heavy atom. The summed E-state index contributed by atoms with van der Waals surface area (Å²) in [7, 11) is 0. The summed E-state index contributed by atoms with van der Waals surface area (Å²) in [4.78, 5) is 54.5. The van der Waals surface area contributed by atoms with E-state index in [4.69, 9.17) is 15.0 Å². The summed E-state index contributed by atoms with van der Waals surface area (Å²) in [5, 5.41) is 15.0. The van der Waals surface area contributed by atoms with E-state index in [1.54, 1.807) is 63.0 Å². The fraction of sp³-hybridized carbons (Fsp3) is 0.0574. The molecule has 0 aliphatic carbocycles. The molecule has 0 saturated heterocycles. The molecule has 0 aliphatic rings. The van der Waals surface area contributed by atoms with Gasteiger partial charge in [-0.25, -0.2) is 54.8 Å². The van der Waals surface area contributed by atoms with E-state index in [1.165, 1.54) is 165 Å². The van der Waals surface area contributed by atoms with Crippen LogP contribution in [-0.2, 0) is 0 Å². The van der Waals surface area contributed by atoms with Gasteiger partial charge >= 0.3 is 0 Å². The van der Waals surface area contributed by atoms with Gasteiger partial charge < -0.3 is 0 Å². The Hall–Kier alpha value is -15.8. The molecule has 0 N–H and O–H groups in total. The predicted octanol–water partition coefficient (Wildman–Crippen LogP) is 34.9. The van der Waals surface area contributed by atoms with Crippen molar-refractivity contribution < 1.29 is 0 Å². The van der Waals surface area contributed by atoms with Crippen molar-refractivity contribution in [3.8, 4) is 89.8 Å². The van der Waals surface area contributed by atoms with Crippen LogP contribution in [0.25, 0.3) is 211 Å². The Bertz CT molecular complexity index is 8920. The summed E-state index contributed by atoms with van der Waals surface area (Å²) in [6.07, 6.45) is 11.1. The van der Waals surface area contributed by atoms with E-state index in [1.807, 2.05) is 153 Å². The highest BCUT2D eigenvalue weighted by Crippen LogP contribution is 2.47. The van der Waals surface area contributed by atoms with Crippen molar-refractivity contribution in [2.24, 2.45) is 0 Å². The molecular weight excluding hydrogens is 1810 g/mol. The molecular formula is C122H89N11S6. The molecule has 0 saturated carbocycles. The molecule has 0 amide bonds. The van der Waals surface area contributed by atoms with Crippen molar-refractivity contribution in [2.45, 2.75) is 48.5 Å². The van der Waals surface area contributed by atoms with Gasteiger partial charge in [0, 0.05) is 145 Å². The minimum Gasteiger partial charge on any atom is -0.245 e. The number of hydrogen-bond acceptors (Lipinski definition) is 17. The molecule has 668 valence electrons. The van der Waals surface area contributed by atoms with Gasteiger partial charge in [-0.05, 0) is 140 Å². The van der Waals surface area contributed by atoms with Crippen LogP contribution in [0, 0.1) is 48.5 Å². The van der Waals surface area contributed by atoms with Crippen LogP contribution >= 0.6 is 68.0 Å². The number of fused-ring (bicyclic) bond motifs is 18. The highest BCUT2D eigenvalue weighted by Gasteiger charge is 2.20. The highest BCUT2D eigenvalue weighted by molar-refractivity contribution is 7.28. The smallest absolute Gasteiger partial charge is 0.164 e. The molecule has 0 bridgehead atoms. The lowest BCUT2D eigenvalue weighted by Crippen LogP contribution is -2.00. The van der Waals surface area contributed by atoms with E-state index >= 15 is 0 Å². The third kappa shape index (κ3) is 19.3. The SMILES string of the molecule is Cc1ccc(-c2nc(-c3ccccc3)nc(-c3ccccc3)n2)cc1.Cc1cccc(-c2cccc3c2sc2c(-c4ccccc4)cccc23)c1.Cc1cccc(-c2cccc3c2sc2ncccc23)c1.Cc1cccc(-c2cccc3c2sc2ncncc23)c1.Cc1cccc2c1sc1ncccc12.Cc1ncc2c(n1)sc1c(-c3ccccc3)cccc12.Cc1ncc2c(n1)sc1ccccc12. The molecule has 0 spiro atoms. The number of aryl methyl sites for hydroxylation is 7. The molecule has 0 radical (unpaired) electrons. The van der Waals surface area contributed by atoms with Crippen molar-refractivity contribution in [1.29, 1.82) is 0 Å². The maximum Gasteiger partial charge on any atom is 0.164 e.